The fourth-order valence-electron chi connectivity index (χ4n) is 0. The van der Waals surface area contributed by atoms with E-state index in [1.54, 1.807) is 0 Å². The second kappa shape index (κ2) is 3.69. The van der Waals surface area contributed by atoms with Crippen molar-refractivity contribution in [2.45, 2.75) is 6.92 Å². The summed E-state index contributed by atoms with van der Waals surface area (Å²) in [6, 6.07) is 0. The standard InChI is InChI=1S/C2H5IO/c1-2-4-3/h2H2,1H3. The Hall–Kier alpha value is 0.690. The van der Waals surface area contributed by atoms with E-state index in [9.17, 15) is 0 Å². The second-order valence-corrected chi connectivity index (χ2v) is 1.02. The van der Waals surface area contributed by atoms with Crippen molar-refractivity contribution in [1.82, 2.24) is 0 Å². The van der Waals surface area contributed by atoms with E-state index in [0.717, 1.165) is 6.61 Å². The van der Waals surface area contributed by atoms with Crippen LogP contribution in [0.3, 0.4) is 0 Å². The molecule has 0 heterocycles. The molecule has 0 bridgehead atoms. The highest BCUT2D eigenvalue weighted by atomic mass is 127. The topological polar surface area (TPSA) is 9.23 Å². The van der Waals surface area contributed by atoms with Gasteiger partial charge in [-0.1, -0.05) is 0 Å². The third-order valence-corrected chi connectivity index (χ3v) is 0.732. The summed E-state index contributed by atoms with van der Waals surface area (Å²) in [6.07, 6.45) is 0. The Kier molecular flexibility index (Phi) is 4.33. The zero-order valence-electron chi connectivity index (χ0n) is 2.49. The van der Waals surface area contributed by atoms with Gasteiger partial charge in [0, 0.05) is 0 Å². The average Bonchev–Trinajstić information content (AvgIpc) is 1.37. The summed E-state index contributed by atoms with van der Waals surface area (Å²) in [4.78, 5) is 0. The van der Waals surface area contributed by atoms with Crippen LogP contribution >= 0.6 is 23.0 Å². The lowest BCUT2D eigenvalue weighted by atomic mass is 10.9. The van der Waals surface area contributed by atoms with Crippen LogP contribution in [0.25, 0.3) is 0 Å². The highest BCUT2D eigenvalue weighted by Crippen LogP contribution is 1.78. The van der Waals surface area contributed by atoms with Crippen molar-refractivity contribution in [3.05, 3.63) is 0 Å². The lowest BCUT2D eigenvalue weighted by Gasteiger charge is -1.71. The zero-order chi connectivity index (χ0) is 3.41. The lowest BCUT2D eigenvalue weighted by Crippen LogP contribution is -1.63. The van der Waals surface area contributed by atoms with Gasteiger partial charge < -0.3 is 3.07 Å². The van der Waals surface area contributed by atoms with Gasteiger partial charge in [-0.25, -0.2) is 0 Å². The fraction of sp³-hybridized carbons (Fsp3) is 1.00. The summed E-state index contributed by atoms with van der Waals surface area (Å²) in [5, 5.41) is 0. The first-order valence-electron chi connectivity index (χ1n) is 1.15. The molecule has 0 atom stereocenters. The molecular weight excluding hydrogens is 167 g/mol. The van der Waals surface area contributed by atoms with Crippen LogP contribution in [-0.2, 0) is 3.07 Å². The first-order chi connectivity index (χ1) is 1.91. The Morgan fingerprint density at radius 2 is 2.25 bits per heavy atom. The summed E-state index contributed by atoms with van der Waals surface area (Å²) >= 11 is 1.85. The lowest BCUT2D eigenvalue weighted by molar-refractivity contribution is 0.458. The molecule has 0 amide bonds. The van der Waals surface area contributed by atoms with Crippen LogP contribution in [0.15, 0.2) is 0 Å². The average molecular weight is 172 g/mol. The Morgan fingerprint density at radius 1 is 2.00 bits per heavy atom. The Morgan fingerprint density at radius 3 is 2.25 bits per heavy atom. The molecule has 0 aromatic rings. The smallest absolute Gasteiger partial charge is 0.109 e. The molecule has 0 saturated carbocycles. The van der Waals surface area contributed by atoms with Crippen LogP contribution < -0.4 is 0 Å². The van der Waals surface area contributed by atoms with Gasteiger partial charge in [0.2, 0.25) is 0 Å². The molecule has 0 N–H and O–H groups in total. The van der Waals surface area contributed by atoms with Gasteiger partial charge in [0.15, 0.2) is 0 Å². The number of hydrogen-bond acceptors (Lipinski definition) is 1. The highest BCUT2D eigenvalue weighted by molar-refractivity contribution is 14.1. The molecule has 2 heteroatoms. The largest absolute Gasteiger partial charge is 0.316 e. The van der Waals surface area contributed by atoms with Gasteiger partial charge in [-0.3, -0.25) is 0 Å². The Bertz CT molecular complexity index is 8.00. The van der Waals surface area contributed by atoms with Crippen molar-refractivity contribution in [2.75, 3.05) is 6.61 Å². The minimum Gasteiger partial charge on any atom is -0.316 e. The van der Waals surface area contributed by atoms with Crippen molar-refractivity contribution >= 4 is 23.0 Å². The van der Waals surface area contributed by atoms with E-state index in [1.807, 2.05) is 29.9 Å². The van der Waals surface area contributed by atoms with Crippen LogP contribution in [0.4, 0.5) is 0 Å². The van der Waals surface area contributed by atoms with Gasteiger partial charge >= 0.3 is 0 Å². The quantitative estimate of drug-likeness (QED) is 0.542. The molecule has 0 fully saturated rings. The molecule has 0 rings (SSSR count). The molecule has 1 nitrogen and oxygen atoms in total. The monoisotopic (exact) mass is 172 g/mol. The molecule has 0 saturated heterocycles. The van der Waals surface area contributed by atoms with Gasteiger partial charge in [0.1, 0.15) is 23.0 Å². The molecule has 4 heavy (non-hydrogen) atoms. The van der Waals surface area contributed by atoms with Crippen molar-refractivity contribution in [3.63, 3.8) is 0 Å². The minimum atomic E-state index is 0.806. The summed E-state index contributed by atoms with van der Waals surface area (Å²) in [7, 11) is 0. The SMILES string of the molecule is CCOI. The number of rotatable bonds is 1. The minimum absolute atomic E-state index is 0.806. The van der Waals surface area contributed by atoms with Gasteiger partial charge in [-0.2, -0.15) is 0 Å². The molecule has 0 aliphatic rings. The van der Waals surface area contributed by atoms with Crippen molar-refractivity contribution < 1.29 is 3.07 Å². The molecule has 0 radical (unpaired) electrons. The molecule has 0 aromatic heterocycles. The van der Waals surface area contributed by atoms with E-state index in [0.29, 0.717) is 0 Å². The molecule has 0 spiro atoms. The molecule has 26 valence electrons. The first kappa shape index (κ1) is 4.69. The normalized spacial score (nSPS) is 7.50. The zero-order valence-corrected chi connectivity index (χ0v) is 4.65. The third-order valence-electron chi connectivity index (χ3n) is 0.109. The van der Waals surface area contributed by atoms with Crippen LogP contribution in [0.5, 0.6) is 0 Å². The maximum atomic E-state index is 4.51. The van der Waals surface area contributed by atoms with E-state index in [4.69, 9.17) is 0 Å². The molecule has 0 aliphatic heterocycles. The van der Waals surface area contributed by atoms with Crippen LogP contribution in [0.2, 0.25) is 0 Å². The van der Waals surface area contributed by atoms with Crippen LogP contribution in [0, 0.1) is 0 Å². The van der Waals surface area contributed by atoms with Crippen LogP contribution in [0.1, 0.15) is 6.92 Å². The number of halogens is 1. The van der Waals surface area contributed by atoms with Gasteiger partial charge in [0.05, 0.1) is 6.61 Å². The van der Waals surface area contributed by atoms with Crippen molar-refractivity contribution in [2.24, 2.45) is 0 Å². The Balaban J connectivity index is 1.97. The summed E-state index contributed by atoms with van der Waals surface area (Å²) < 4.78 is 4.51. The Labute approximate surface area is 40.0 Å². The molecule has 0 aromatic carbocycles. The predicted molar refractivity (Wildman–Crippen MR) is 25.6 cm³/mol. The van der Waals surface area contributed by atoms with E-state index in [2.05, 4.69) is 3.07 Å². The molecule has 0 unspecified atom stereocenters. The van der Waals surface area contributed by atoms with Gasteiger partial charge in [0.25, 0.3) is 0 Å². The van der Waals surface area contributed by atoms with E-state index in [1.165, 1.54) is 0 Å². The maximum Gasteiger partial charge on any atom is 0.109 e. The maximum absolute atomic E-state index is 4.51. The predicted octanol–water partition coefficient (Wildman–Crippen LogP) is 1.37. The summed E-state index contributed by atoms with van der Waals surface area (Å²) in [6.45, 7) is 2.76. The van der Waals surface area contributed by atoms with E-state index >= 15 is 0 Å². The third kappa shape index (κ3) is 2.69. The van der Waals surface area contributed by atoms with E-state index in [-0.39, 0.29) is 0 Å². The fourth-order valence-corrected chi connectivity index (χ4v) is 0. The summed E-state index contributed by atoms with van der Waals surface area (Å²) in [5.41, 5.74) is 0. The van der Waals surface area contributed by atoms with E-state index < -0.39 is 0 Å². The highest BCUT2D eigenvalue weighted by Gasteiger charge is 1.55. The first-order valence-corrected chi connectivity index (χ1v) is 2.03. The van der Waals surface area contributed by atoms with Crippen molar-refractivity contribution in [1.29, 1.82) is 0 Å². The van der Waals surface area contributed by atoms with Crippen LogP contribution in [-0.4, -0.2) is 6.61 Å². The van der Waals surface area contributed by atoms with Gasteiger partial charge in [-0.05, 0) is 6.92 Å². The number of hydrogen-bond donors (Lipinski definition) is 0. The van der Waals surface area contributed by atoms with Gasteiger partial charge in [-0.15, -0.1) is 0 Å². The van der Waals surface area contributed by atoms with Crippen molar-refractivity contribution in [3.8, 4) is 0 Å². The summed E-state index contributed by atoms with van der Waals surface area (Å²) in [5.74, 6) is 0. The molecular formula is C2H5IO. The molecule has 0 aliphatic carbocycles. The second-order valence-electron chi connectivity index (χ2n) is 0.398.